The van der Waals surface area contributed by atoms with E-state index in [0.717, 1.165) is 84.4 Å². The molecule has 0 saturated heterocycles. The van der Waals surface area contributed by atoms with Crippen LogP contribution in [0.4, 0.5) is 34.1 Å². The van der Waals surface area contributed by atoms with Crippen molar-refractivity contribution in [1.82, 2.24) is 0 Å². The van der Waals surface area contributed by atoms with Crippen LogP contribution in [0.1, 0.15) is 25.0 Å². The second-order valence-electron chi connectivity index (χ2n) is 16.2. The number of furan rings is 1. The minimum atomic E-state index is -0.218. The highest BCUT2D eigenvalue weighted by molar-refractivity contribution is 6.13. The van der Waals surface area contributed by atoms with Gasteiger partial charge < -0.3 is 23.7 Å². The van der Waals surface area contributed by atoms with E-state index in [-0.39, 0.29) is 5.41 Å². The second kappa shape index (κ2) is 11.3. The summed E-state index contributed by atoms with van der Waals surface area (Å²) < 4.78 is 19.3. The molecule has 3 heterocycles. The van der Waals surface area contributed by atoms with Crippen LogP contribution in [0.2, 0.25) is 0 Å². The van der Waals surface area contributed by atoms with Gasteiger partial charge in [0.05, 0.1) is 22.7 Å². The predicted molar refractivity (Wildman–Crippen MR) is 236 cm³/mol. The average Bonchev–Trinajstić information content (AvgIpc) is 3.71. The zero-order chi connectivity index (χ0) is 38.3. The number of benzene rings is 9. The molecule has 0 atom stereocenters. The lowest BCUT2D eigenvalue weighted by atomic mass is 9.81. The molecule has 0 N–H and O–H groups in total. The molecule has 274 valence electrons. The van der Waals surface area contributed by atoms with Crippen molar-refractivity contribution in [2.45, 2.75) is 19.3 Å². The maximum Gasteiger partial charge on any atom is 0.151 e. The Labute approximate surface area is 334 Å². The first-order chi connectivity index (χ1) is 28.5. The number of fused-ring (bicyclic) bond motifs is 12. The van der Waals surface area contributed by atoms with Gasteiger partial charge in [-0.3, -0.25) is 0 Å². The smallest absolute Gasteiger partial charge is 0.151 e. The number of anilines is 6. The van der Waals surface area contributed by atoms with Crippen molar-refractivity contribution < 1.29 is 13.9 Å². The van der Waals surface area contributed by atoms with E-state index in [1.54, 1.807) is 0 Å². The lowest BCUT2D eigenvalue weighted by Crippen LogP contribution is -2.16. The van der Waals surface area contributed by atoms with Crippen molar-refractivity contribution in [3.05, 3.63) is 181 Å². The van der Waals surface area contributed by atoms with Crippen molar-refractivity contribution >= 4 is 77.6 Å². The molecule has 0 bridgehead atoms. The first kappa shape index (κ1) is 31.7. The van der Waals surface area contributed by atoms with Crippen molar-refractivity contribution in [2.24, 2.45) is 0 Å². The number of rotatable bonds is 2. The molecule has 9 aromatic carbocycles. The van der Waals surface area contributed by atoms with Gasteiger partial charge in [0.15, 0.2) is 23.0 Å². The third kappa shape index (κ3) is 4.36. The van der Waals surface area contributed by atoms with Gasteiger partial charge in [-0.05, 0) is 153 Å². The highest BCUT2D eigenvalue weighted by Gasteiger charge is 2.37. The van der Waals surface area contributed by atoms with Gasteiger partial charge in [0.1, 0.15) is 11.2 Å². The third-order valence-electron chi connectivity index (χ3n) is 12.5. The quantitative estimate of drug-likeness (QED) is 0.176. The lowest BCUT2D eigenvalue weighted by molar-refractivity contribution is 0.477. The van der Waals surface area contributed by atoms with Crippen molar-refractivity contribution in [1.29, 1.82) is 0 Å². The Morgan fingerprint density at radius 3 is 1.36 bits per heavy atom. The molecule has 3 aliphatic rings. The molecule has 0 radical (unpaired) electrons. The Hall–Kier alpha value is -7.50. The van der Waals surface area contributed by atoms with Gasteiger partial charge in [-0.25, -0.2) is 0 Å². The third-order valence-corrected chi connectivity index (χ3v) is 12.5. The number of hydrogen-bond donors (Lipinski definition) is 0. The number of hydrogen-bond acceptors (Lipinski definition) is 5. The Balaban J connectivity index is 0.920. The van der Waals surface area contributed by atoms with E-state index in [2.05, 4.69) is 145 Å². The van der Waals surface area contributed by atoms with E-state index in [9.17, 15) is 0 Å². The fourth-order valence-corrected chi connectivity index (χ4v) is 9.71. The first-order valence-electron chi connectivity index (χ1n) is 19.8. The molecule has 0 amide bonds. The van der Waals surface area contributed by atoms with Crippen LogP contribution in [0.25, 0.3) is 54.6 Å². The Bertz CT molecular complexity index is 3320. The zero-order valence-electron chi connectivity index (χ0n) is 31.8. The summed E-state index contributed by atoms with van der Waals surface area (Å²) in [6.07, 6.45) is 0. The number of ether oxygens (including phenoxy) is 2. The van der Waals surface area contributed by atoms with E-state index in [0.29, 0.717) is 0 Å². The van der Waals surface area contributed by atoms with Crippen LogP contribution in [0.15, 0.2) is 174 Å². The minimum Gasteiger partial charge on any atom is -0.456 e. The van der Waals surface area contributed by atoms with E-state index in [1.807, 2.05) is 48.5 Å². The number of para-hydroxylation sites is 8. The normalized spacial score (nSPS) is 14.4. The zero-order valence-corrected chi connectivity index (χ0v) is 31.8. The van der Waals surface area contributed by atoms with Crippen molar-refractivity contribution in [2.75, 3.05) is 9.80 Å². The summed E-state index contributed by atoms with van der Waals surface area (Å²) in [6, 6.07) is 60.4. The number of nitrogens with zero attached hydrogens (tertiary/aromatic N) is 2. The summed E-state index contributed by atoms with van der Waals surface area (Å²) in [4.78, 5) is 4.59. The highest BCUT2D eigenvalue weighted by atomic mass is 16.5. The van der Waals surface area contributed by atoms with Crippen molar-refractivity contribution in [3.63, 3.8) is 0 Å². The van der Waals surface area contributed by atoms with Crippen LogP contribution < -0.4 is 19.3 Å². The molecule has 13 rings (SSSR count). The maximum atomic E-state index is 6.74. The van der Waals surface area contributed by atoms with Crippen LogP contribution in [0.3, 0.4) is 0 Å². The van der Waals surface area contributed by atoms with Gasteiger partial charge in [0.2, 0.25) is 0 Å². The molecule has 1 aromatic heterocycles. The molecule has 5 nitrogen and oxygen atoms in total. The molecular weight excluding hydrogens is 713 g/mol. The van der Waals surface area contributed by atoms with Crippen LogP contribution >= 0.6 is 0 Å². The molecule has 0 saturated carbocycles. The Morgan fingerprint density at radius 1 is 0.379 bits per heavy atom. The fraction of sp³-hybridized carbons (Fsp3) is 0.0566. The van der Waals surface area contributed by atoms with Gasteiger partial charge in [-0.2, -0.15) is 0 Å². The van der Waals surface area contributed by atoms with Gasteiger partial charge >= 0.3 is 0 Å². The van der Waals surface area contributed by atoms with E-state index < -0.39 is 0 Å². The molecule has 2 aliphatic heterocycles. The summed E-state index contributed by atoms with van der Waals surface area (Å²) in [7, 11) is 0. The molecule has 1 aliphatic carbocycles. The van der Waals surface area contributed by atoms with Crippen LogP contribution in [-0.4, -0.2) is 0 Å². The molecular formula is C53H34N2O3. The summed E-state index contributed by atoms with van der Waals surface area (Å²) >= 11 is 0. The van der Waals surface area contributed by atoms with Crippen LogP contribution in [0, 0.1) is 0 Å². The summed E-state index contributed by atoms with van der Waals surface area (Å²) in [5, 5.41) is 6.98. The molecule has 0 fully saturated rings. The predicted octanol–water partition coefficient (Wildman–Crippen LogP) is 15.3. The summed E-state index contributed by atoms with van der Waals surface area (Å²) in [5.41, 5.74) is 13.0. The largest absolute Gasteiger partial charge is 0.456 e. The highest BCUT2D eigenvalue weighted by Crippen LogP contribution is 2.55. The van der Waals surface area contributed by atoms with E-state index in [1.165, 1.54) is 38.4 Å². The topological polar surface area (TPSA) is 38.1 Å². The van der Waals surface area contributed by atoms with Crippen LogP contribution in [0.5, 0.6) is 23.0 Å². The van der Waals surface area contributed by atoms with Crippen molar-refractivity contribution in [3.8, 4) is 34.1 Å². The minimum absolute atomic E-state index is 0.218. The Kier molecular flexibility index (Phi) is 6.17. The van der Waals surface area contributed by atoms with Gasteiger partial charge in [-0.15, -0.1) is 0 Å². The lowest BCUT2D eigenvalue weighted by Gasteiger charge is -2.33. The molecule has 10 aromatic rings. The van der Waals surface area contributed by atoms with E-state index >= 15 is 0 Å². The maximum absolute atomic E-state index is 6.74. The second-order valence-corrected chi connectivity index (χ2v) is 16.2. The molecule has 58 heavy (non-hydrogen) atoms. The monoisotopic (exact) mass is 746 g/mol. The summed E-state index contributed by atoms with van der Waals surface area (Å²) in [5.74, 6) is 3.39. The fourth-order valence-electron chi connectivity index (χ4n) is 9.71. The molecule has 0 spiro atoms. The summed E-state index contributed by atoms with van der Waals surface area (Å²) in [6.45, 7) is 4.68. The van der Waals surface area contributed by atoms with Gasteiger partial charge in [0, 0.05) is 27.6 Å². The van der Waals surface area contributed by atoms with Crippen LogP contribution in [-0.2, 0) is 5.41 Å². The van der Waals surface area contributed by atoms with E-state index in [4.69, 9.17) is 13.9 Å². The van der Waals surface area contributed by atoms with Gasteiger partial charge in [0.25, 0.3) is 0 Å². The standard InChI is InChI=1S/C53H34N2O3/c1-53(2)41-27-33-23-35(54-43-11-3-7-15-47(43)56-48-16-8-4-12-44(48)54)21-19-31(33)25-37(41)38-29-40-39-26-32-20-22-36(24-34(32)28-51(39)58-52(40)30-42(38)53)55-45-13-5-9-17-49(45)57-50-18-10-6-14-46(50)55/h3-30H,1-2H3. The first-order valence-corrected chi connectivity index (χ1v) is 19.8. The molecule has 5 heteroatoms. The average molecular weight is 747 g/mol. The SMILES string of the molecule is CC1(C)c2cc3cc(N4c5ccccc5Oc5ccccc54)ccc3cc2-c2cc3c(cc21)oc1cc2cc(N4c5ccccc5Oc5ccccc54)ccc2cc13. The molecule has 0 unspecified atom stereocenters. The van der Waals surface area contributed by atoms with Gasteiger partial charge in [-0.1, -0.05) is 74.5 Å². The Morgan fingerprint density at radius 2 is 0.810 bits per heavy atom.